The second-order valence-corrected chi connectivity index (χ2v) is 6.36. The van der Waals surface area contributed by atoms with Crippen molar-refractivity contribution in [3.05, 3.63) is 17.5 Å². The lowest BCUT2D eigenvalue weighted by atomic mass is 10.0. The van der Waals surface area contributed by atoms with Gasteiger partial charge in [-0.05, 0) is 39.0 Å². The fraction of sp³-hybridized carbons (Fsp3) is 0.765. The van der Waals surface area contributed by atoms with Crippen LogP contribution in [0.4, 0.5) is 0 Å². The second-order valence-electron chi connectivity index (χ2n) is 6.36. The van der Waals surface area contributed by atoms with Gasteiger partial charge in [-0.15, -0.1) is 0 Å². The largest absolute Gasteiger partial charge is 0.373 e. The van der Waals surface area contributed by atoms with Gasteiger partial charge >= 0.3 is 0 Å². The topological polar surface area (TPSA) is 56.1 Å². The number of carbonyl (C=O) groups is 1. The number of carbonyl (C=O) groups excluding carboxylic acids is 1. The average Bonchev–Trinajstić information content (AvgIpc) is 3.13. The van der Waals surface area contributed by atoms with E-state index in [1.165, 1.54) is 0 Å². The highest BCUT2D eigenvalue weighted by Crippen LogP contribution is 2.24. The van der Waals surface area contributed by atoms with E-state index in [4.69, 9.17) is 4.74 Å². The number of hydrogen-bond acceptors (Lipinski definition) is 3. The Kier molecular flexibility index (Phi) is 5.62. The van der Waals surface area contributed by atoms with Crippen LogP contribution in [0.3, 0.4) is 0 Å². The minimum atomic E-state index is -0.215. The van der Waals surface area contributed by atoms with E-state index in [9.17, 15) is 4.79 Å². The molecule has 2 rings (SSSR count). The zero-order valence-corrected chi connectivity index (χ0v) is 14.3. The lowest BCUT2D eigenvalue weighted by molar-refractivity contribution is 0.0206. The minimum absolute atomic E-state index is 0.0363. The number of amides is 1. The molecule has 1 aliphatic rings. The number of hydrogen-bond donors (Lipinski definition) is 1. The van der Waals surface area contributed by atoms with Crippen molar-refractivity contribution >= 4 is 5.91 Å². The molecule has 1 aliphatic heterocycles. The Morgan fingerprint density at radius 1 is 1.45 bits per heavy atom. The monoisotopic (exact) mass is 307 g/mol. The molecule has 1 aromatic rings. The van der Waals surface area contributed by atoms with E-state index in [2.05, 4.69) is 38.1 Å². The Bertz CT molecular complexity index is 500. The molecule has 124 valence electrons. The summed E-state index contributed by atoms with van der Waals surface area (Å²) in [5.74, 6) is -0.0363. The molecule has 1 saturated heterocycles. The van der Waals surface area contributed by atoms with Gasteiger partial charge in [-0.25, -0.2) is 0 Å². The van der Waals surface area contributed by atoms with Crippen LogP contribution in [0.25, 0.3) is 0 Å². The molecular formula is C17H29N3O2. The van der Waals surface area contributed by atoms with Crippen molar-refractivity contribution in [3.63, 3.8) is 0 Å². The van der Waals surface area contributed by atoms with Crippen molar-refractivity contribution < 1.29 is 9.53 Å². The first-order valence-electron chi connectivity index (χ1n) is 8.53. The molecule has 5 heteroatoms. The van der Waals surface area contributed by atoms with Crippen LogP contribution in [-0.4, -0.2) is 34.4 Å². The Hall–Kier alpha value is -1.36. The highest BCUT2D eigenvalue weighted by atomic mass is 16.5. The van der Waals surface area contributed by atoms with Crippen LogP contribution in [0.5, 0.6) is 0 Å². The SMILES string of the molecule is CCc1c(C(=O)NC[C@@]2(C)CCCO2)cnn1C(CC)CC. The molecule has 5 nitrogen and oxygen atoms in total. The maximum absolute atomic E-state index is 12.5. The van der Waals surface area contributed by atoms with E-state index in [0.29, 0.717) is 18.2 Å². The minimum Gasteiger partial charge on any atom is -0.373 e. The third-order valence-electron chi connectivity index (χ3n) is 4.69. The Morgan fingerprint density at radius 2 is 2.18 bits per heavy atom. The molecule has 0 radical (unpaired) electrons. The van der Waals surface area contributed by atoms with Crippen molar-refractivity contribution in [3.8, 4) is 0 Å². The summed E-state index contributed by atoms with van der Waals surface area (Å²) in [5.41, 5.74) is 1.52. The van der Waals surface area contributed by atoms with E-state index in [0.717, 1.165) is 44.4 Å². The lowest BCUT2D eigenvalue weighted by Crippen LogP contribution is -2.40. The summed E-state index contributed by atoms with van der Waals surface area (Å²) in [6.07, 6.45) is 6.65. The van der Waals surface area contributed by atoms with Gasteiger partial charge in [0.15, 0.2) is 0 Å². The molecule has 1 aromatic heterocycles. The molecular weight excluding hydrogens is 278 g/mol. The smallest absolute Gasteiger partial charge is 0.254 e. The van der Waals surface area contributed by atoms with Crippen molar-refractivity contribution in [2.24, 2.45) is 0 Å². The molecule has 1 atom stereocenters. The van der Waals surface area contributed by atoms with E-state index in [1.54, 1.807) is 6.20 Å². The Balaban J connectivity index is 2.09. The maximum Gasteiger partial charge on any atom is 0.254 e. The zero-order chi connectivity index (χ0) is 16.2. The van der Waals surface area contributed by atoms with Crippen LogP contribution >= 0.6 is 0 Å². The van der Waals surface area contributed by atoms with Gasteiger partial charge in [-0.3, -0.25) is 9.48 Å². The molecule has 0 saturated carbocycles. The van der Waals surface area contributed by atoms with Gasteiger partial charge in [0.1, 0.15) is 0 Å². The van der Waals surface area contributed by atoms with Gasteiger partial charge in [0.05, 0.1) is 29.1 Å². The lowest BCUT2D eigenvalue weighted by Gasteiger charge is -2.23. The summed E-state index contributed by atoms with van der Waals surface area (Å²) in [4.78, 5) is 12.5. The van der Waals surface area contributed by atoms with Crippen LogP contribution in [0.1, 0.15) is 75.5 Å². The van der Waals surface area contributed by atoms with Crippen LogP contribution in [0.2, 0.25) is 0 Å². The van der Waals surface area contributed by atoms with Crippen molar-refractivity contribution in [2.75, 3.05) is 13.2 Å². The van der Waals surface area contributed by atoms with Crippen molar-refractivity contribution in [1.82, 2.24) is 15.1 Å². The molecule has 0 aromatic carbocycles. The van der Waals surface area contributed by atoms with Crippen molar-refractivity contribution in [1.29, 1.82) is 0 Å². The highest BCUT2D eigenvalue weighted by Gasteiger charge is 2.30. The van der Waals surface area contributed by atoms with Gasteiger partial charge in [0.2, 0.25) is 0 Å². The van der Waals surface area contributed by atoms with Gasteiger partial charge < -0.3 is 10.1 Å². The zero-order valence-electron chi connectivity index (χ0n) is 14.3. The number of nitrogens with one attached hydrogen (secondary N) is 1. The van der Waals surface area contributed by atoms with Crippen molar-refractivity contribution in [2.45, 2.75) is 71.4 Å². The Morgan fingerprint density at radius 3 is 2.73 bits per heavy atom. The molecule has 0 bridgehead atoms. The summed E-state index contributed by atoms with van der Waals surface area (Å²) in [6.45, 7) is 9.81. The molecule has 0 unspecified atom stereocenters. The van der Waals surface area contributed by atoms with E-state index in [1.807, 2.05) is 4.68 Å². The van der Waals surface area contributed by atoms with E-state index >= 15 is 0 Å². The second kappa shape index (κ2) is 7.27. The number of rotatable bonds is 7. The fourth-order valence-corrected chi connectivity index (χ4v) is 3.22. The standard InChI is InChI=1S/C17H29N3O2/c1-5-13(6-2)20-15(7-3)14(11-19-20)16(21)18-12-17(4)9-8-10-22-17/h11,13H,5-10,12H2,1-4H3,(H,18,21)/t17-/m1/s1. The van der Waals surface area contributed by atoms with Gasteiger partial charge in [-0.1, -0.05) is 20.8 Å². The van der Waals surface area contributed by atoms with Gasteiger partial charge in [-0.2, -0.15) is 5.10 Å². The molecule has 1 amide bonds. The third kappa shape index (κ3) is 3.51. The van der Waals surface area contributed by atoms with E-state index in [-0.39, 0.29) is 11.5 Å². The predicted molar refractivity (Wildman–Crippen MR) is 87.1 cm³/mol. The molecule has 0 aliphatic carbocycles. The predicted octanol–water partition coefficient (Wildman–Crippen LogP) is 3.11. The van der Waals surface area contributed by atoms with Crippen LogP contribution < -0.4 is 5.32 Å². The first-order valence-corrected chi connectivity index (χ1v) is 8.53. The van der Waals surface area contributed by atoms with Crippen LogP contribution in [0.15, 0.2) is 6.20 Å². The summed E-state index contributed by atoms with van der Waals surface area (Å²) in [5, 5.41) is 7.50. The number of ether oxygens (including phenoxy) is 1. The summed E-state index contributed by atoms with van der Waals surface area (Å²) >= 11 is 0. The number of nitrogens with zero attached hydrogens (tertiary/aromatic N) is 2. The first kappa shape index (κ1) is 17.0. The van der Waals surface area contributed by atoms with Gasteiger partial charge in [0.25, 0.3) is 5.91 Å². The molecule has 0 spiro atoms. The van der Waals surface area contributed by atoms with Crippen LogP contribution in [0, 0.1) is 0 Å². The highest BCUT2D eigenvalue weighted by molar-refractivity contribution is 5.95. The summed E-state index contributed by atoms with van der Waals surface area (Å²) in [7, 11) is 0. The third-order valence-corrected chi connectivity index (χ3v) is 4.69. The quantitative estimate of drug-likeness (QED) is 0.842. The molecule has 2 heterocycles. The van der Waals surface area contributed by atoms with E-state index < -0.39 is 0 Å². The normalized spacial score (nSPS) is 21.5. The molecule has 22 heavy (non-hydrogen) atoms. The average molecular weight is 307 g/mol. The summed E-state index contributed by atoms with van der Waals surface area (Å²) in [6, 6.07) is 0.368. The Labute approximate surface area is 133 Å². The number of aromatic nitrogens is 2. The summed E-state index contributed by atoms with van der Waals surface area (Å²) < 4.78 is 7.76. The maximum atomic E-state index is 12.5. The fourth-order valence-electron chi connectivity index (χ4n) is 3.22. The first-order chi connectivity index (χ1) is 10.5. The van der Waals surface area contributed by atoms with Crippen LogP contribution in [-0.2, 0) is 11.2 Å². The molecule has 1 N–H and O–H groups in total. The van der Waals surface area contributed by atoms with Gasteiger partial charge in [0, 0.05) is 13.2 Å². The molecule has 1 fully saturated rings.